The Hall–Kier alpha value is -2.70. The molecule has 0 aliphatic heterocycles. The third kappa shape index (κ3) is 3.91. The van der Waals surface area contributed by atoms with Gasteiger partial charge in [0, 0.05) is 0 Å². The van der Waals surface area contributed by atoms with E-state index >= 15 is 0 Å². The summed E-state index contributed by atoms with van der Waals surface area (Å²) in [6.45, 7) is 0. The Morgan fingerprint density at radius 2 is 1.95 bits per heavy atom. The zero-order valence-electron chi connectivity index (χ0n) is 11.6. The number of phenols is 1. The number of aromatic hydroxyl groups is 1. The molecule has 2 rings (SSSR count). The molecule has 0 fully saturated rings. The number of nitrogens with zero attached hydrogens (tertiary/aromatic N) is 1. The number of anilines is 1. The number of phenolic OH excluding ortho intramolecular Hbond substituents is 1. The van der Waals surface area contributed by atoms with E-state index in [1.165, 1.54) is 31.5 Å². The van der Waals surface area contributed by atoms with Gasteiger partial charge in [0.2, 0.25) is 0 Å². The van der Waals surface area contributed by atoms with Gasteiger partial charge in [-0.05, 0) is 42.0 Å². The molecule has 2 aromatic rings. The number of benzene rings is 2. The van der Waals surface area contributed by atoms with Gasteiger partial charge in [-0.1, -0.05) is 6.07 Å². The summed E-state index contributed by atoms with van der Waals surface area (Å²) < 4.78 is 42.6. The molecule has 22 heavy (non-hydrogen) atoms. The molecule has 0 spiro atoms. The maximum absolute atomic E-state index is 12.6. The van der Waals surface area contributed by atoms with Gasteiger partial charge in [0.15, 0.2) is 11.5 Å². The molecule has 0 aliphatic carbocycles. The first-order valence-electron chi connectivity index (χ1n) is 6.23. The first kappa shape index (κ1) is 15.7. The van der Waals surface area contributed by atoms with E-state index in [1.54, 1.807) is 12.1 Å². The average molecular weight is 310 g/mol. The molecule has 0 unspecified atom stereocenters. The molecule has 7 heteroatoms. The van der Waals surface area contributed by atoms with Crippen LogP contribution in [0.15, 0.2) is 47.6 Å². The van der Waals surface area contributed by atoms with E-state index < -0.39 is 11.7 Å². The molecule has 0 bridgehead atoms. The predicted octanol–water partition coefficient (Wildman–Crippen LogP) is 3.87. The highest BCUT2D eigenvalue weighted by Crippen LogP contribution is 2.30. The number of hydrogen-bond donors (Lipinski definition) is 2. The SMILES string of the molecule is COc1ccc(C=NNc2cccc(C(F)(F)F)c2)cc1O. The third-order valence-corrected chi connectivity index (χ3v) is 2.80. The van der Waals surface area contributed by atoms with E-state index in [0.717, 1.165) is 12.1 Å². The highest BCUT2D eigenvalue weighted by molar-refractivity contribution is 5.81. The van der Waals surface area contributed by atoms with Gasteiger partial charge in [-0.25, -0.2) is 0 Å². The first-order valence-corrected chi connectivity index (χ1v) is 6.23. The van der Waals surface area contributed by atoms with Gasteiger partial charge in [0.1, 0.15) is 0 Å². The lowest BCUT2D eigenvalue weighted by Gasteiger charge is -2.08. The second-order valence-electron chi connectivity index (χ2n) is 4.38. The lowest BCUT2D eigenvalue weighted by Crippen LogP contribution is -2.05. The van der Waals surface area contributed by atoms with E-state index in [2.05, 4.69) is 10.5 Å². The van der Waals surface area contributed by atoms with Crippen LogP contribution in [0.5, 0.6) is 11.5 Å². The zero-order chi connectivity index (χ0) is 16.2. The fraction of sp³-hybridized carbons (Fsp3) is 0.133. The Morgan fingerprint density at radius 1 is 1.18 bits per heavy atom. The lowest BCUT2D eigenvalue weighted by atomic mass is 10.2. The minimum absolute atomic E-state index is 0.0504. The van der Waals surface area contributed by atoms with Crippen LogP contribution in [0, 0.1) is 0 Å². The van der Waals surface area contributed by atoms with E-state index in [-0.39, 0.29) is 11.4 Å². The second kappa shape index (κ2) is 6.38. The molecular weight excluding hydrogens is 297 g/mol. The van der Waals surface area contributed by atoms with Crippen molar-refractivity contribution in [3.63, 3.8) is 0 Å². The fourth-order valence-corrected chi connectivity index (χ4v) is 1.73. The van der Waals surface area contributed by atoms with Gasteiger partial charge in [-0.3, -0.25) is 5.43 Å². The van der Waals surface area contributed by atoms with Crippen molar-refractivity contribution >= 4 is 11.9 Å². The standard InChI is InChI=1S/C15H13F3N2O2/c1-22-14-6-5-10(7-13(14)21)9-19-20-12-4-2-3-11(8-12)15(16,17)18/h2-9,20-21H,1H3. The lowest BCUT2D eigenvalue weighted by molar-refractivity contribution is -0.137. The van der Waals surface area contributed by atoms with Crippen LogP contribution < -0.4 is 10.2 Å². The molecular formula is C15H13F3N2O2. The van der Waals surface area contributed by atoms with Crippen LogP contribution in [0.2, 0.25) is 0 Å². The number of nitrogens with one attached hydrogen (secondary N) is 1. The Balaban J connectivity index is 2.08. The van der Waals surface area contributed by atoms with Crippen LogP contribution in [-0.2, 0) is 6.18 Å². The van der Waals surface area contributed by atoms with Crippen molar-refractivity contribution in [2.24, 2.45) is 5.10 Å². The van der Waals surface area contributed by atoms with E-state index in [9.17, 15) is 18.3 Å². The zero-order valence-corrected chi connectivity index (χ0v) is 11.6. The minimum atomic E-state index is -4.40. The second-order valence-corrected chi connectivity index (χ2v) is 4.38. The number of rotatable bonds is 4. The Morgan fingerprint density at radius 3 is 2.59 bits per heavy atom. The summed E-state index contributed by atoms with van der Waals surface area (Å²) in [7, 11) is 1.43. The number of hydrogen-bond acceptors (Lipinski definition) is 4. The van der Waals surface area contributed by atoms with Crippen LogP contribution >= 0.6 is 0 Å². The summed E-state index contributed by atoms with van der Waals surface area (Å²) in [6, 6.07) is 9.34. The van der Waals surface area contributed by atoms with Crippen molar-refractivity contribution in [2.45, 2.75) is 6.18 Å². The summed E-state index contributed by atoms with van der Waals surface area (Å²) >= 11 is 0. The molecule has 2 aromatic carbocycles. The van der Waals surface area contributed by atoms with Gasteiger partial charge < -0.3 is 9.84 Å². The summed E-state index contributed by atoms with van der Waals surface area (Å²) in [6.07, 6.45) is -3.03. The van der Waals surface area contributed by atoms with Crippen LogP contribution in [0.3, 0.4) is 0 Å². The van der Waals surface area contributed by atoms with Gasteiger partial charge in [0.25, 0.3) is 0 Å². The van der Waals surface area contributed by atoms with Gasteiger partial charge in [0.05, 0.1) is 24.6 Å². The fourth-order valence-electron chi connectivity index (χ4n) is 1.73. The van der Waals surface area contributed by atoms with E-state index in [1.807, 2.05) is 0 Å². The first-order chi connectivity index (χ1) is 10.4. The number of methoxy groups -OCH3 is 1. The monoisotopic (exact) mass is 310 g/mol. The van der Waals surface area contributed by atoms with Gasteiger partial charge in [-0.15, -0.1) is 0 Å². The molecule has 0 amide bonds. The number of hydrazone groups is 1. The molecule has 0 saturated heterocycles. The Labute approximate surface area is 124 Å². The molecule has 2 N–H and O–H groups in total. The maximum atomic E-state index is 12.6. The summed E-state index contributed by atoms with van der Waals surface area (Å²) in [5.41, 5.74) is 2.53. The highest BCUT2D eigenvalue weighted by Gasteiger charge is 2.30. The summed E-state index contributed by atoms with van der Waals surface area (Å²) in [5.74, 6) is 0.272. The van der Waals surface area contributed by atoms with Gasteiger partial charge in [-0.2, -0.15) is 18.3 Å². The Bertz CT molecular complexity index is 685. The third-order valence-electron chi connectivity index (χ3n) is 2.80. The predicted molar refractivity (Wildman–Crippen MR) is 77.3 cm³/mol. The maximum Gasteiger partial charge on any atom is 0.416 e. The topological polar surface area (TPSA) is 53.8 Å². The van der Waals surface area contributed by atoms with E-state index in [4.69, 9.17) is 4.74 Å². The summed E-state index contributed by atoms with van der Waals surface area (Å²) in [4.78, 5) is 0. The molecule has 0 atom stereocenters. The largest absolute Gasteiger partial charge is 0.504 e. The molecule has 0 aliphatic rings. The normalized spacial score (nSPS) is 11.6. The average Bonchev–Trinajstić information content (AvgIpc) is 2.47. The highest BCUT2D eigenvalue weighted by atomic mass is 19.4. The molecule has 4 nitrogen and oxygen atoms in total. The molecule has 116 valence electrons. The smallest absolute Gasteiger partial charge is 0.416 e. The van der Waals surface area contributed by atoms with Crippen molar-refractivity contribution in [3.05, 3.63) is 53.6 Å². The van der Waals surface area contributed by atoms with E-state index in [0.29, 0.717) is 11.3 Å². The van der Waals surface area contributed by atoms with Crippen molar-refractivity contribution < 1.29 is 23.0 Å². The van der Waals surface area contributed by atoms with Crippen LogP contribution in [-0.4, -0.2) is 18.4 Å². The van der Waals surface area contributed by atoms with Crippen LogP contribution in [0.1, 0.15) is 11.1 Å². The molecule has 0 radical (unpaired) electrons. The van der Waals surface area contributed by atoms with Gasteiger partial charge >= 0.3 is 6.18 Å². The quantitative estimate of drug-likeness (QED) is 0.666. The van der Waals surface area contributed by atoms with Crippen molar-refractivity contribution in [3.8, 4) is 11.5 Å². The number of halogens is 3. The molecule has 0 aromatic heterocycles. The molecule has 0 saturated carbocycles. The van der Waals surface area contributed by atoms with Crippen molar-refractivity contribution in [1.29, 1.82) is 0 Å². The Kier molecular flexibility index (Phi) is 4.55. The van der Waals surface area contributed by atoms with Crippen molar-refractivity contribution in [2.75, 3.05) is 12.5 Å². The van der Waals surface area contributed by atoms with Crippen LogP contribution in [0.4, 0.5) is 18.9 Å². The van der Waals surface area contributed by atoms with Crippen LogP contribution in [0.25, 0.3) is 0 Å². The number of ether oxygens (including phenoxy) is 1. The minimum Gasteiger partial charge on any atom is -0.504 e. The van der Waals surface area contributed by atoms with Crippen molar-refractivity contribution in [1.82, 2.24) is 0 Å². The number of alkyl halides is 3. The molecule has 0 heterocycles. The summed E-state index contributed by atoms with van der Waals surface area (Å²) in [5, 5.41) is 13.4.